The average molecular weight is 2070 g/mol. The Kier molecular flexibility index (Phi) is 25.0. The third-order valence-corrected chi connectivity index (χ3v) is 32.4. The minimum absolute atomic E-state index is 0.0820. The van der Waals surface area contributed by atoms with Gasteiger partial charge in [-0.05, 0) is 83.3 Å². The fourth-order valence-electron chi connectivity index (χ4n) is 16.8. The Morgan fingerprint density at radius 2 is 0.886 bits per heavy atom. The van der Waals surface area contributed by atoms with Crippen molar-refractivity contribution in [1.29, 1.82) is 0 Å². The number of aliphatic hydroxyl groups excluding tert-OH is 3. The predicted octanol–water partition coefficient (Wildman–Crippen LogP) is 1.11. The topological polar surface area (TPSA) is 642 Å². The van der Waals surface area contributed by atoms with E-state index in [2.05, 4.69) is 57.4 Å². The molecule has 0 spiro atoms. The lowest BCUT2D eigenvalue weighted by molar-refractivity contribution is -0.183. The second-order valence-electron chi connectivity index (χ2n) is 31.1. The van der Waals surface area contributed by atoms with Gasteiger partial charge in [0.2, 0.25) is 17.3 Å². The number of nitrogens with zero attached hydrogens (tertiary/aromatic N) is 18. The molecule has 22 heterocycles. The molecule has 0 saturated carbocycles. The second-order valence-corrected chi connectivity index (χ2v) is 47.9. The smallest absolute Gasteiger partial charge is 0.386 e. The third kappa shape index (κ3) is 17.6. The Morgan fingerprint density at radius 3 is 1.44 bits per heavy atom. The number of pyridine rings is 3. The molecule has 65 heteroatoms. The van der Waals surface area contributed by atoms with Gasteiger partial charge in [-0.15, -0.1) is 5.10 Å². The number of hydrogen-bond donors (Lipinski definition) is 12. The highest BCUT2D eigenvalue weighted by molar-refractivity contribution is 8.44. The van der Waals surface area contributed by atoms with Crippen LogP contribution in [0.3, 0.4) is 0 Å². The summed E-state index contributed by atoms with van der Waals surface area (Å²) in [5.74, 6) is 0.477. The molecule has 0 radical (unpaired) electrons. The lowest BCUT2D eigenvalue weighted by atomic mass is 10.0. The largest absolute Gasteiger partial charge is 0.398 e. The number of imidazole rings is 4. The molecule has 10 aliphatic heterocycles. The van der Waals surface area contributed by atoms with E-state index < -0.39 is 214 Å². The van der Waals surface area contributed by atoms with Gasteiger partial charge in [-0.2, -0.15) is 4.68 Å². The number of ether oxygens (including phenoxy) is 7. The van der Waals surface area contributed by atoms with Gasteiger partial charge in [-0.3, -0.25) is 73.0 Å². The molecule has 706 valence electrons. The van der Waals surface area contributed by atoms with Crippen LogP contribution in [0.2, 0.25) is 0 Å². The highest BCUT2D eigenvalue weighted by Gasteiger charge is 2.66. The Morgan fingerprint density at radius 1 is 0.432 bits per heavy atom. The van der Waals surface area contributed by atoms with Gasteiger partial charge in [0.1, 0.15) is 108 Å². The van der Waals surface area contributed by atoms with E-state index in [1.165, 1.54) is 126 Å². The standard InChI is InChI=1S/C23H25N7O11P2S2.C23H26N6O10P2S2.C21H23FN8O10P2S2/c24-11-1-3-25-19-14(11)27-10-30(19)21-17-18-23(39-21,8-35-17)9-37-43(34,45)40-16-15(32)12(7-36-42(33,44)41-18)38-20(16)29-5-2-13(31)28-6-4-26-22(28)29;24-13-1-4-25-21-12(13)2-6-28(21)18-9-14-15(36-18)10-34-41(33,43)39-20-19(31)16(11-35-40(32,42)38-14)37-22(20)29-7-3-17(30)27-8-5-26-23(27)29;22-13-16-11(38-19(13)30-18-14(26-27-30)9(23)1-3-24-18)8-36-42(34,44)40-17-15(32)10(7-35-41(33,43)39-16)37-20(17)29-5-2-12(31)28-6-4-25-21(28)29/h1-6,10,12,15-18,20-21,32H,7-9H2,(H2,24,25)(H,33,44)(H,34,45);1-8,14-16,18-20,22,31H,9-11H2,(H2,24,25)(H,32,42)(H,33,43);1-6,10-11,13,15-17,19-20,32H,7-8H2,(H2,23,24)(H,33,43)(H,34,44)/t12-,15-,16-,17-,18+,20-,21-,23-,42?,43?;14-,15+,16+,18+,19+,20+,22+,40?,41?;10-,11-,13+,15-,16-,17-,19-,20-,41?,42?/m101/s1. The summed E-state index contributed by atoms with van der Waals surface area (Å²) in [6.45, 7) is -27.6. The number of aliphatic hydroxyl groups is 3. The summed E-state index contributed by atoms with van der Waals surface area (Å²) >= 11 is 30.6. The van der Waals surface area contributed by atoms with Crippen molar-refractivity contribution >= 4 is 179 Å². The van der Waals surface area contributed by atoms with Gasteiger partial charge in [-0.1, -0.05) is 17.5 Å². The van der Waals surface area contributed by atoms with Crippen molar-refractivity contribution in [1.82, 2.24) is 85.9 Å². The minimum Gasteiger partial charge on any atom is -0.398 e. The molecule has 10 saturated heterocycles. The molecule has 132 heavy (non-hydrogen) atoms. The normalized spacial score (nSPS) is 38.6. The van der Waals surface area contributed by atoms with Gasteiger partial charge in [0.25, 0.3) is 16.7 Å². The summed E-state index contributed by atoms with van der Waals surface area (Å²) in [5, 5.41) is 42.1. The van der Waals surface area contributed by atoms with E-state index in [0.29, 0.717) is 28.2 Å². The first kappa shape index (κ1) is 92.9. The van der Waals surface area contributed by atoms with Crippen LogP contribution in [-0.2, 0) is 151 Å². The first-order valence-electron chi connectivity index (χ1n) is 39.4. The Hall–Kier alpha value is -6.80. The lowest BCUT2D eigenvalue weighted by Gasteiger charge is -2.33. The van der Waals surface area contributed by atoms with E-state index in [1.807, 2.05) is 0 Å². The van der Waals surface area contributed by atoms with Crippen LogP contribution in [0.5, 0.6) is 0 Å². The monoisotopic (exact) mass is 2070 g/mol. The highest BCUT2D eigenvalue weighted by atomic mass is 32.7. The maximum absolute atomic E-state index is 16.0. The Labute approximate surface area is 767 Å². The molecule has 0 aliphatic carbocycles. The zero-order valence-corrected chi connectivity index (χ0v) is 77.1. The molecular weight excluding hydrogens is 1990 g/mol. The Bertz CT molecular complexity index is 7010. The van der Waals surface area contributed by atoms with E-state index in [-0.39, 0.29) is 70.5 Å². The van der Waals surface area contributed by atoms with Crippen LogP contribution in [0.4, 0.5) is 21.5 Å². The van der Waals surface area contributed by atoms with Crippen LogP contribution in [0, 0.1) is 0 Å². The maximum Gasteiger partial charge on any atom is 0.386 e. The van der Waals surface area contributed by atoms with Gasteiger partial charge in [0, 0.05) is 116 Å². The van der Waals surface area contributed by atoms with Gasteiger partial charge in [0.15, 0.2) is 54.1 Å². The summed E-state index contributed by atoms with van der Waals surface area (Å²) in [6, 6.07) is 10.4. The number of rotatable bonds is 6. The maximum atomic E-state index is 16.0. The van der Waals surface area contributed by atoms with Crippen LogP contribution in [0.15, 0.2) is 144 Å². The van der Waals surface area contributed by atoms with E-state index >= 15 is 4.39 Å². The summed E-state index contributed by atoms with van der Waals surface area (Å²) in [5.41, 5.74) is 18.5. The van der Waals surface area contributed by atoms with E-state index in [9.17, 15) is 58.7 Å². The quantitative estimate of drug-likeness (QED) is 0.0819. The van der Waals surface area contributed by atoms with Gasteiger partial charge in [-0.25, -0.2) is 43.8 Å². The van der Waals surface area contributed by atoms with Crippen LogP contribution in [0.1, 0.15) is 43.8 Å². The van der Waals surface area contributed by atoms with E-state index in [1.54, 1.807) is 39.7 Å². The summed E-state index contributed by atoms with van der Waals surface area (Å²) in [7, 11) is 0. The molecule has 52 nitrogen and oxygen atoms in total. The summed E-state index contributed by atoms with van der Waals surface area (Å²) < 4.78 is 153. The molecule has 10 fully saturated rings. The molecule has 0 aromatic carbocycles. The first-order chi connectivity index (χ1) is 62.9. The molecule has 12 aromatic rings. The predicted molar refractivity (Wildman–Crippen MR) is 468 cm³/mol. The van der Waals surface area contributed by atoms with Gasteiger partial charge >= 0.3 is 40.4 Å². The van der Waals surface area contributed by atoms with Crippen molar-refractivity contribution in [2.24, 2.45) is 0 Å². The van der Waals surface area contributed by atoms with Crippen molar-refractivity contribution in [3.63, 3.8) is 0 Å². The van der Waals surface area contributed by atoms with Crippen molar-refractivity contribution in [2.45, 2.75) is 147 Å². The van der Waals surface area contributed by atoms with Crippen molar-refractivity contribution in [3.05, 3.63) is 160 Å². The third-order valence-electron chi connectivity index (χ3n) is 23.0. The van der Waals surface area contributed by atoms with Crippen molar-refractivity contribution in [2.75, 3.05) is 63.4 Å². The van der Waals surface area contributed by atoms with Crippen LogP contribution in [0.25, 0.3) is 50.7 Å². The number of hydrogen-bond acceptors (Lipinski definition) is 43. The Balaban J connectivity index is 0.000000123. The van der Waals surface area contributed by atoms with E-state index in [4.69, 9.17) is 164 Å². The number of nitrogen functional groups attached to an aromatic ring is 3. The van der Waals surface area contributed by atoms with Gasteiger partial charge in [0.05, 0.1) is 70.1 Å². The average Bonchev–Trinajstić information content (AvgIpc) is 1.55. The van der Waals surface area contributed by atoms with Gasteiger partial charge < -0.3 is 122 Å². The fraction of sp³-hybridized carbons (Fsp3) is 0.463. The number of anilines is 3. The molecule has 12 aromatic heterocycles. The molecule has 0 amide bonds. The number of fused-ring (bicyclic) bond motifs is 14. The summed E-state index contributed by atoms with van der Waals surface area (Å²) in [4.78, 5) is 122. The van der Waals surface area contributed by atoms with E-state index in [0.717, 1.165) is 10.1 Å². The van der Waals surface area contributed by atoms with Crippen molar-refractivity contribution < 1.29 is 136 Å². The highest BCUT2D eigenvalue weighted by Crippen LogP contribution is 2.62. The number of nitrogens with two attached hydrogens (primary N) is 3. The molecule has 22 rings (SSSR count). The van der Waals surface area contributed by atoms with Crippen LogP contribution >= 0.6 is 52.6 Å². The number of thiol groups is 1. The van der Waals surface area contributed by atoms with Crippen LogP contribution in [-0.4, -0.2) is 275 Å². The zero-order valence-electron chi connectivity index (χ0n) is 66.8. The number of aromatic nitrogens is 18. The minimum atomic E-state index is -4.24. The molecule has 8 bridgehead atoms. The summed E-state index contributed by atoms with van der Waals surface area (Å²) in [6.07, 6.45) is -6.40. The van der Waals surface area contributed by atoms with Crippen LogP contribution < -0.4 is 33.9 Å². The molecule has 6 unspecified atom stereocenters. The zero-order chi connectivity index (χ0) is 92.4. The molecular formula is C67H74FN21O31P6S6. The first-order valence-corrected chi connectivity index (χ1v) is 55.1. The SMILES string of the molecule is Nc1ccnc2c1ccn2[C@H]1C[C@@H]2OP(O)(=S)OC[C@H]3O[C@@H](n4ccc(=O)n5ccnc45)[C@H](OP(=O)(S)OC[C@H]2O1)[C@@H]3O.Nc1ccnc2c1ncn2[C@@H]1O[C@@]23CO[C@@H]1[C@@H]2OP(O)(=S)OC[C@H]1O[C@@H](n2ccc(=O)n4ccnc24)[C@H](OP(O)(=S)OC3)[C@@H]1O.Nc1ccnc2c1nnn2[C@@H]1O[C@@H]2COP(O)(=S)O[C@@H]3[C@H](O)[C@@H](COP(O)(=S)O[C@H]2[C@@H]1F)O[C@H]3n1ccc(=O)n2ccnc12. The fourth-order valence-corrected chi connectivity index (χ4v) is 25.5. The molecule has 29 atom stereocenters. The number of alkyl halides is 1. The lowest BCUT2D eigenvalue weighted by Crippen LogP contribution is -2.45. The molecule has 14 N–H and O–H groups in total. The second kappa shape index (κ2) is 35.6. The molecule has 10 aliphatic rings. The van der Waals surface area contributed by atoms with Crippen molar-refractivity contribution in [3.8, 4) is 0 Å². The number of halogens is 1.